The Morgan fingerprint density at radius 1 is 0.500 bits per heavy atom. The Labute approximate surface area is 439 Å². The molecule has 0 amide bonds. The number of carboxylic acids is 2. The van der Waals surface area contributed by atoms with Crippen LogP contribution < -0.4 is 9.47 Å². The van der Waals surface area contributed by atoms with E-state index in [2.05, 4.69) is 69.2 Å². The van der Waals surface area contributed by atoms with E-state index in [-0.39, 0.29) is 34.2 Å². The summed E-state index contributed by atoms with van der Waals surface area (Å²) in [7, 11) is 0. The molecule has 0 aliphatic heterocycles. The second kappa shape index (κ2) is 21.3. The maximum Gasteiger partial charge on any atom is 0.339 e. The summed E-state index contributed by atoms with van der Waals surface area (Å²) in [6.07, 6.45) is 30.3. The summed E-state index contributed by atoms with van der Waals surface area (Å²) < 4.78 is 15.0. The maximum absolute atomic E-state index is 14.1. The minimum absolute atomic E-state index is 0.0976. The Bertz CT molecular complexity index is 1940. The molecule has 9 rings (SSSR count). The number of hydrogen-bond donors (Lipinski definition) is 2. The van der Waals surface area contributed by atoms with E-state index in [0.717, 1.165) is 73.0 Å². The van der Waals surface area contributed by atoms with Crippen molar-refractivity contribution in [2.24, 2.45) is 105 Å². The van der Waals surface area contributed by atoms with Crippen molar-refractivity contribution in [2.75, 3.05) is 0 Å². The molecule has 0 heterocycles. The van der Waals surface area contributed by atoms with E-state index in [1.807, 2.05) is 13.8 Å². The van der Waals surface area contributed by atoms with Gasteiger partial charge in [0.15, 0.2) is 0 Å². The topological polar surface area (TPSA) is 93.1 Å². The molecule has 18 atom stereocenters. The zero-order valence-corrected chi connectivity index (χ0v) is 48.1. The number of rotatable bonds is 18. The first-order valence-corrected chi connectivity index (χ1v) is 31.3. The average molecular weight is 996 g/mol. The van der Waals surface area contributed by atoms with Gasteiger partial charge in [-0.2, -0.15) is 0 Å². The van der Waals surface area contributed by atoms with Crippen LogP contribution in [0.3, 0.4) is 0 Å². The van der Waals surface area contributed by atoms with E-state index in [1.54, 1.807) is 0 Å². The molecule has 0 spiro atoms. The van der Waals surface area contributed by atoms with E-state index in [9.17, 15) is 19.8 Å². The van der Waals surface area contributed by atoms with Crippen LogP contribution >= 0.6 is 0 Å². The monoisotopic (exact) mass is 995 g/mol. The van der Waals surface area contributed by atoms with Crippen molar-refractivity contribution in [2.45, 2.75) is 262 Å². The number of fused-ring (bicyclic) bond motifs is 10. The Balaban J connectivity index is 1.02. The molecule has 2 N–H and O–H groups in total. The van der Waals surface area contributed by atoms with Crippen LogP contribution in [0.25, 0.3) is 0 Å². The molecule has 8 fully saturated rings. The van der Waals surface area contributed by atoms with Gasteiger partial charge in [-0.05, 0) is 222 Å². The number of hydrogen-bond acceptors (Lipinski definition) is 4. The van der Waals surface area contributed by atoms with Gasteiger partial charge in [0.05, 0.1) is 0 Å². The summed E-state index contributed by atoms with van der Waals surface area (Å²) in [6.45, 7) is 29.0. The molecule has 1 aromatic rings. The van der Waals surface area contributed by atoms with Gasteiger partial charge < -0.3 is 19.7 Å². The molecule has 6 nitrogen and oxygen atoms in total. The first-order valence-electron chi connectivity index (χ1n) is 31.3. The fourth-order valence-electron chi connectivity index (χ4n) is 21.5. The van der Waals surface area contributed by atoms with Gasteiger partial charge in [0, 0.05) is 22.0 Å². The van der Waals surface area contributed by atoms with Gasteiger partial charge >= 0.3 is 11.9 Å². The number of carbonyl (C=O) groups is 2. The molecule has 0 radical (unpaired) electrons. The molecular formula is C66H106O6. The SMILES string of the molecule is CCc1c(OC2CCCC3CC[C@@H]4[C@H](CC[C@]5(C)[C@@H]([C@H](C)CCCC(C)C)CC[C@@H]45)[C@]32C)c(C(=O)O)c(CC)c(OC2CCCC3CC[C@@H]4[C@H](CC[C@]5(C)[C@@H]([C@H](C)CCCC(C)C)CC[C@@H]45)[C@]32C)c1C(=O)O. The summed E-state index contributed by atoms with van der Waals surface area (Å²) in [6, 6.07) is 0. The zero-order valence-electron chi connectivity index (χ0n) is 48.1. The van der Waals surface area contributed by atoms with Gasteiger partial charge in [0.1, 0.15) is 34.8 Å². The van der Waals surface area contributed by atoms with Crippen molar-refractivity contribution in [3.63, 3.8) is 0 Å². The van der Waals surface area contributed by atoms with Crippen LogP contribution in [0.2, 0.25) is 0 Å². The lowest BCUT2D eigenvalue weighted by atomic mass is 9.44. The molecule has 0 bridgehead atoms. The second-order valence-electron chi connectivity index (χ2n) is 28.9. The van der Waals surface area contributed by atoms with Gasteiger partial charge in [-0.15, -0.1) is 0 Å². The predicted octanol–water partition coefficient (Wildman–Crippen LogP) is 17.9. The minimum atomic E-state index is -1.02. The summed E-state index contributed by atoms with van der Waals surface area (Å²) in [5, 5.41) is 23.0. The maximum atomic E-state index is 14.1. The largest absolute Gasteiger partial charge is 0.489 e. The highest BCUT2D eigenvalue weighted by Crippen LogP contribution is 2.71. The van der Waals surface area contributed by atoms with E-state index in [1.165, 1.54) is 128 Å². The molecule has 6 heteroatoms. The molecule has 1 aromatic carbocycles. The van der Waals surface area contributed by atoms with E-state index in [4.69, 9.17) is 9.47 Å². The molecule has 8 saturated carbocycles. The van der Waals surface area contributed by atoms with Crippen LogP contribution in [0.15, 0.2) is 0 Å². The fraction of sp³-hybridized carbons (Fsp3) is 0.879. The molecule has 8 aliphatic carbocycles. The van der Waals surface area contributed by atoms with Gasteiger partial charge in [0.2, 0.25) is 0 Å². The number of benzene rings is 1. The third-order valence-corrected chi connectivity index (χ3v) is 25.0. The van der Waals surface area contributed by atoms with Crippen LogP contribution in [0.4, 0.5) is 0 Å². The highest BCUT2D eigenvalue weighted by molar-refractivity contribution is 6.01. The Morgan fingerprint density at radius 3 is 1.24 bits per heavy atom. The highest BCUT2D eigenvalue weighted by atomic mass is 16.5. The zero-order chi connectivity index (χ0) is 51.7. The average Bonchev–Trinajstić information content (AvgIpc) is 3.88. The first-order chi connectivity index (χ1) is 34.2. The number of ether oxygens (including phenoxy) is 2. The molecule has 4 unspecified atom stereocenters. The summed E-state index contributed by atoms with van der Waals surface area (Å²) in [4.78, 5) is 28.1. The van der Waals surface area contributed by atoms with Gasteiger partial charge in [-0.1, -0.05) is 122 Å². The van der Waals surface area contributed by atoms with Crippen LogP contribution in [0.1, 0.15) is 269 Å². The Kier molecular flexibility index (Phi) is 16.1. The van der Waals surface area contributed by atoms with E-state index < -0.39 is 11.9 Å². The lowest BCUT2D eigenvalue weighted by Gasteiger charge is -2.62. The van der Waals surface area contributed by atoms with Crippen LogP contribution in [-0.2, 0) is 12.8 Å². The lowest BCUT2D eigenvalue weighted by Crippen LogP contribution is -2.59. The second-order valence-corrected chi connectivity index (χ2v) is 28.9. The summed E-state index contributed by atoms with van der Waals surface area (Å²) in [5.74, 6) is 8.24. The highest BCUT2D eigenvalue weighted by Gasteiger charge is 2.65. The van der Waals surface area contributed by atoms with Gasteiger partial charge in [-0.3, -0.25) is 0 Å². The van der Waals surface area contributed by atoms with Crippen LogP contribution in [0.5, 0.6) is 11.5 Å². The molecule has 72 heavy (non-hydrogen) atoms. The molecular weight excluding hydrogens is 889 g/mol. The van der Waals surface area contributed by atoms with E-state index >= 15 is 0 Å². The lowest BCUT2D eigenvalue weighted by molar-refractivity contribution is -0.158. The first kappa shape index (κ1) is 54.5. The summed E-state index contributed by atoms with van der Waals surface area (Å²) >= 11 is 0. The Morgan fingerprint density at radius 2 is 0.889 bits per heavy atom. The Hall–Kier alpha value is -2.24. The van der Waals surface area contributed by atoms with Gasteiger partial charge in [0.25, 0.3) is 0 Å². The standard InChI is InChI=1S/C66H106O6/c1-13-45-57(61(67)68)60(72-56-26-18-24-44-28-30-48-52-34-32-50(42(8)22-16-20-40(5)6)64(52,10)38-36-54(48)66(44,56)12)46(14-2)58(62(69)70)59(45)71-55-25-17-23-43-27-29-47-51-33-31-49(41(7)21-15-19-39(3)4)63(51,9)37-35-53(47)65(43,55)11/h39-44,47-56H,13-38H2,1-12H3,(H,67,68)(H,69,70)/t41-,42-,43?,44?,47+,48+,49-,50-,51+,52+,53+,54+,55?,56?,63-,64-,65+,66+/m1/s1. The molecule has 0 saturated heterocycles. The van der Waals surface area contributed by atoms with Crippen molar-refractivity contribution in [3.8, 4) is 11.5 Å². The number of carboxylic acid groups (broad SMARTS) is 2. The van der Waals surface area contributed by atoms with Gasteiger partial charge in [-0.25, -0.2) is 9.59 Å². The quantitative estimate of drug-likeness (QED) is 0.152. The number of aromatic carboxylic acids is 2. The normalized spacial score (nSPS) is 41.1. The third-order valence-electron chi connectivity index (χ3n) is 25.0. The molecule has 406 valence electrons. The van der Waals surface area contributed by atoms with Crippen LogP contribution in [-0.4, -0.2) is 34.4 Å². The van der Waals surface area contributed by atoms with Crippen molar-refractivity contribution in [1.29, 1.82) is 0 Å². The van der Waals surface area contributed by atoms with Crippen molar-refractivity contribution < 1.29 is 29.3 Å². The smallest absolute Gasteiger partial charge is 0.339 e. The van der Waals surface area contributed by atoms with E-state index in [0.29, 0.717) is 81.8 Å². The fourth-order valence-corrected chi connectivity index (χ4v) is 21.5. The third kappa shape index (κ3) is 9.14. The van der Waals surface area contributed by atoms with Crippen molar-refractivity contribution >= 4 is 11.9 Å². The van der Waals surface area contributed by atoms with Crippen LogP contribution in [0, 0.1) is 105 Å². The van der Waals surface area contributed by atoms with Crippen molar-refractivity contribution in [1.82, 2.24) is 0 Å². The molecule has 8 aliphatic rings. The summed E-state index contributed by atoms with van der Waals surface area (Å²) in [5.41, 5.74) is 1.96. The molecule has 0 aromatic heterocycles. The minimum Gasteiger partial charge on any atom is -0.489 e. The van der Waals surface area contributed by atoms with Crippen molar-refractivity contribution in [3.05, 3.63) is 22.3 Å². The predicted molar refractivity (Wildman–Crippen MR) is 294 cm³/mol.